The first-order chi connectivity index (χ1) is 19.7. The summed E-state index contributed by atoms with van der Waals surface area (Å²) in [6.07, 6.45) is 4.63. The van der Waals surface area contributed by atoms with Crippen LogP contribution in [0.15, 0.2) is 116 Å². The maximum Gasteiger partial charge on any atom is 0.255 e. The van der Waals surface area contributed by atoms with E-state index in [0.717, 1.165) is 29.8 Å². The Morgan fingerprint density at radius 3 is 2.38 bits per heavy atom. The fourth-order valence-corrected chi connectivity index (χ4v) is 5.18. The predicted molar refractivity (Wildman–Crippen MR) is 157 cm³/mol. The van der Waals surface area contributed by atoms with Gasteiger partial charge in [0.25, 0.3) is 5.91 Å². The highest BCUT2D eigenvalue weighted by Gasteiger charge is 2.26. The van der Waals surface area contributed by atoms with Crippen molar-refractivity contribution in [3.63, 3.8) is 0 Å². The molecule has 0 fully saturated rings. The maximum atomic E-state index is 13.0. The Morgan fingerprint density at radius 1 is 0.825 bits per heavy atom. The molecule has 1 aliphatic rings. The lowest BCUT2D eigenvalue weighted by atomic mass is 9.97. The molecule has 2 heterocycles. The van der Waals surface area contributed by atoms with E-state index in [1.165, 1.54) is 16.7 Å². The third kappa shape index (κ3) is 5.82. The van der Waals surface area contributed by atoms with Gasteiger partial charge in [0.1, 0.15) is 5.75 Å². The lowest BCUT2D eigenvalue weighted by Gasteiger charge is -2.28. The van der Waals surface area contributed by atoms with Gasteiger partial charge in [-0.05, 0) is 28.3 Å². The molecule has 1 aliphatic heterocycles. The molecule has 1 aromatic heterocycles. The van der Waals surface area contributed by atoms with Gasteiger partial charge >= 0.3 is 0 Å². The smallest absolute Gasteiger partial charge is 0.255 e. The number of aromatic nitrogens is 2. The highest BCUT2D eigenvalue weighted by Crippen LogP contribution is 2.35. The second kappa shape index (κ2) is 12.0. The number of hydrogen-bond donors (Lipinski definition) is 2. The molecule has 0 radical (unpaired) electrons. The quantitative estimate of drug-likeness (QED) is 0.241. The fraction of sp³-hybridized carbons (Fsp3) is 0.176. The predicted octanol–water partition coefficient (Wildman–Crippen LogP) is 6.14. The normalized spacial score (nSPS) is 14.2. The van der Waals surface area contributed by atoms with Crippen LogP contribution in [0.3, 0.4) is 0 Å². The van der Waals surface area contributed by atoms with Gasteiger partial charge in [0.15, 0.2) is 0 Å². The zero-order valence-electron chi connectivity index (χ0n) is 22.3. The average molecular weight is 529 g/mol. The number of rotatable bonds is 9. The number of carbonyl (C=O) groups excluding carboxylic acids is 1. The highest BCUT2D eigenvalue weighted by molar-refractivity contribution is 5.97. The molecule has 1 atom stereocenters. The Balaban J connectivity index is 1.11. The summed E-state index contributed by atoms with van der Waals surface area (Å²) in [4.78, 5) is 17.5. The number of amides is 1. The summed E-state index contributed by atoms with van der Waals surface area (Å²) in [7, 11) is 0. The molecular formula is C34H32N4O2. The second-order valence-corrected chi connectivity index (χ2v) is 10.0. The first-order valence-corrected chi connectivity index (χ1v) is 13.7. The second-order valence-electron chi connectivity index (χ2n) is 10.0. The van der Waals surface area contributed by atoms with Crippen molar-refractivity contribution in [2.24, 2.45) is 0 Å². The molecule has 2 N–H and O–H groups in total. The third-order valence-electron chi connectivity index (χ3n) is 7.36. The Kier molecular flexibility index (Phi) is 7.69. The van der Waals surface area contributed by atoms with Crippen LogP contribution in [0, 0.1) is 0 Å². The van der Waals surface area contributed by atoms with Gasteiger partial charge in [-0.15, -0.1) is 0 Å². The molecule has 0 saturated carbocycles. The van der Waals surface area contributed by atoms with E-state index in [1.807, 2.05) is 67.1 Å². The van der Waals surface area contributed by atoms with Crippen LogP contribution in [0.5, 0.6) is 5.75 Å². The van der Waals surface area contributed by atoms with Gasteiger partial charge in [0, 0.05) is 43.9 Å². The number of carbonyl (C=O) groups is 1. The zero-order chi connectivity index (χ0) is 27.1. The molecule has 200 valence electrons. The Hall–Kier alpha value is -4.68. The number of benzene rings is 4. The van der Waals surface area contributed by atoms with Gasteiger partial charge in [0.2, 0.25) is 0 Å². The zero-order valence-corrected chi connectivity index (χ0v) is 22.3. The van der Waals surface area contributed by atoms with Crippen molar-refractivity contribution >= 4 is 5.91 Å². The topological polar surface area (TPSA) is 68.2 Å². The Morgan fingerprint density at radius 2 is 1.57 bits per heavy atom. The van der Waals surface area contributed by atoms with E-state index in [1.54, 1.807) is 0 Å². The lowest BCUT2D eigenvalue weighted by molar-refractivity contribution is 0.0945. The standard InChI is InChI=1S/C34H32N4O2/c39-34(37-20-25-8-3-1-4-9-25)31-13-7-12-30-32(18-19-40-33(30)31)36-22-29-21-35-24-38(29)23-26-14-16-28(17-15-26)27-10-5-2-6-11-27/h1-17,21,24,32,36H,18-20,22-23H2,(H,37,39). The number of para-hydroxylation sites is 1. The molecule has 40 heavy (non-hydrogen) atoms. The Labute approximate surface area is 234 Å². The van der Waals surface area contributed by atoms with Gasteiger partial charge in [-0.25, -0.2) is 4.98 Å². The minimum atomic E-state index is -0.127. The average Bonchev–Trinajstić information content (AvgIpc) is 3.46. The Bertz CT molecular complexity index is 1560. The van der Waals surface area contributed by atoms with Crippen molar-refractivity contribution in [2.75, 3.05) is 6.61 Å². The van der Waals surface area contributed by atoms with E-state index >= 15 is 0 Å². The van der Waals surface area contributed by atoms with Crippen molar-refractivity contribution < 1.29 is 9.53 Å². The van der Waals surface area contributed by atoms with E-state index in [4.69, 9.17) is 4.74 Å². The van der Waals surface area contributed by atoms with Crippen molar-refractivity contribution in [1.82, 2.24) is 20.2 Å². The van der Waals surface area contributed by atoms with Crippen LogP contribution >= 0.6 is 0 Å². The summed E-state index contributed by atoms with van der Waals surface area (Å²) in [5, 5.41) is 6.72. The number of nitrogens with one attached hydrogen (secondary N) is 2. The summed E-state index contributed by atoms with van der Waals surface area (Å²) in [6.45, 7) is 2.45. The molecule has 0 bridgehead atoms. The number of fused-ring (bicyclic) bond motifs is 1. The molecule has 6 rings (SSSR count). The summed E-state index contributed by atoms with van der Waals surface area (Å²) in [5.74, 6) is 0.543. The van der Waals surface area contributed by atoms with Crippen LogP contribution in [0.4, 0.5) is 0 Å². The summed E-state index contributed by atoms with van der Waals surface area (Å²) >= 11 is 0. The third-order valence-corrected chi connectivity index (χ3v) is 7.36. The van der Waals surface area contributed by atoms with Crippen LogP contribution in [-0.4, -0.2) is 22.1 Å². The molecule has 5 aromatic rings. The van der Waals surface area contributed by atoms with E-state index in [0.29, 0.717) is 31.0 Å². The number of ether oxygens (including phenoxy) is 1. The number of hydrogen-bond acceptors (Lipinski definition) is 4. The summed E-state index contributed by atoms with van der Waals surface area (Å²) in [5.41, 5.74) is 7.41. The molecule has 0 saturated heterocycles. The largest absolute Gasteiger partial charge is 0.492 e. The number of nitrogens with zero attached hydrogens (tertiary/aromatic N) is 2. The van der Waals surface area contributed by atoms with Crippen LogP contribution in [0.2, 0.25) is 0 Å². The molecule has 6 nitrogen and oxygen atoms in total. The van der Waals surface area contributed by atoms with E-state index < -0.39 is 0 Å². The van der Waals surface area contributed by atoms with Gasteiger partial charge in [-0.1, -0.05) is 97.1 Å². The molecule has 0 spiro atoms. The van der Waals surface area contributed by atoms with Crippen molar-refractivity contribution in [3.05, 3.63) is 144 Å². The molecule has 0 aliphatic carbocycles. The minimum absolute atomic E-state index is 0.0825. The summed E-state index contributed by atoms with van der Waals surface area (Å²) < 4.78 is 8.20. The van der Waals surface area contributed by atoms with Crippen LogP contribution < -0.4 is 15.4 Å². The fourth-order valence-electron chi connectivity index (χ4n) is 5.18. The lowest BCUT2D eigenvalue weighted by Crippen LogP contribution is -2.30. The van der Waals surface area contributed by atoms with Crippen LogP contribution in [0.1, 0.15) is 45.2 Å². The SMILES string of the molecule is O=C(NCc1ccccc1)c1cccc2c1OCCC2NCc1cncn1Cc1ccc(-c2ccccc2)cc1. The summed E-state index contributed by atoms with van der Waals surface area (Å²) in [6, 6.07) is 34.9. The van der Waals surface area contributed by atoms with Gasteiger partial charge in [0.05, 0.1) is 24.2 Å². The molecule has 4 aromatic carbocycles. The van der Waals surface area contributed by atoms with E-state index in [9.17, 15) is 4.79 Å². The molecule has 1 unspecified atom stereocenters. The minimum Gasteiger partial charge on any atom is -0.492 e. The monoisotopic (exact) mass is 528 g/mol. The van der Waals surface area contributed by atoms with Gasteiger partial charge < -0.3 is 19.9 Å². The van der Waals surface area contributed by atoms with Crippen molar-refractivity contribution in [3.8, 4) is 16.9 Å². The molecule has 6 heteroatoms. The van der Waals surface area contributed by atoms with Crippen molar-refractivity contribution in [2.45, 2.75) is 32.1 Å². The van der Waals surface area contributed by atoms with E-state index in [2.05, 4.69) is 68.7 Å². The molecule has 1 amide bonds. The van der Waals surface area contributed by atoms with Crippen molar-refractivity contribution in [1.29, 1.82) is 0 Å². The first-order valence-electron chi connectivity index (χ1n) is 13.7. The first kappa shape index (κ1) is 25.6. The maximum absolute atomic E-state index is 13.0. The number of imidazole rings is 1. The molecular weight excluding hydrogens is 496 g/mol. The van der Waals surface area contributed by atoms with Gasteiger partial charge in [-0.3, -0.25) is 4.79 Å². The van der Waals surface area contributed by atoms with Gasteiger partial charge in [-0.2, -0.15) is 0 Å². The van der Waals surface area contributed by atoms with Crippen LogP contribution in [-0.2, 0) is 19.6 Å². The van der Waals surface area contributed by atoms with Crippen LogP contribution in [0.25, 0.3) is 11.1 Å². The highest BCUT2D eigenvalue weighted by atomic mass is 16.5. The van der Waals surface area contributed by atoms with E-state index in [-0.39, 0.29) is 11.9 Å².